The van der Waals surface area contributed by atoms with Crippen LogP contribution in [0.3, 0.4) is 0 Å². The van der Waals surface area contributed by atoms with Gasteiger partial charge in [-0.1, -0.05) is 0 Å². The highest BCUT2D eigenvalue weighted by atomic mass is 16.4. The van der Waals surface area contributed by atoms with Crippen molar-refractivity contribution in [1.82, 2.24) is 4.90 Å². The molecule has 5 nitrogen and oxygen atoms in total. The van der Waals surface area contributed by atoms with Crippen molar-refractivity contribution in [2.75, 3.05) is 13.1 Å². The van der Waals surface area contributed by atoms with Crippen molar-refractivity contribution >= 4 is 0 Å². The van der Waals surface area contributed by atoms with Gasteiger partial charge in [0.1, 0.15) is 12.0 Å². The molecule has 17 heavy (non-hydrogen) atoms. The Bertz CT molecular complexity index is 442. The molecule has 2 heterocycles. The summed E-state index contributed by atoms with van der Waals surface area (Å²) >= 11 is 0. The Morgan fingerprint density at radius 3 is 3.06 bits per heavy atom. The molecule has 0 bridgehead atoms. The van der Waals surface area contributed by atoms with Crippen LogP contribution in [0, 0.1) is 5.92 Å². The van der Waals surface area contributed by atoms with Gasteiger partial charge in [-0.3, -0.25) is 9.69 Å². The molecule has 0 amide bonds. The maximum atomic E-state index is 11.2. The molecule has 1 aliphatic rings. The highest BCUT2D eigenvalue weighted by molar-refractivity contribution is 5.15. The summed E-state index contributed by atoms with van der Waals surface area (Å²) in [6.07, 6.45) is 2.18. The maximum Gasteiger partial charge on any atom is 0.226 e. The van der Waals surface area contributed by atoms with Crippen LogP contribution in [0.2, 0.25) is 0 Å². The fraction of sp³-hybridized carbons (Fsp3) is 0.583. The smallest absolute Gasteiger partial charge is 0.226 e. The van der Waals surface area contributed by atoms with Crippen molar-refractivity contribution in [3.8, 4) is 5.75 Å². The molecular formula is C12H18N2O3. The predicted molar refractivity (Wildman–Crippen MR) is 63.7 cm³/mol. The third-order valence-electron chi connectivity index (χ3n) is 3.30. The largest absolute Gasteiger partial charge is 0.502 e. The molecule has 2 atom stereocenters. The van der Waals surface area contributed by atoms with E-state index < -0.39 is 5.43 Å². The predicted octanol–water partition coefficient (Wildman–Crippen LogP) is 0.514. The van der Waals surface area contributed by atoms with E-state index in [1.54, 1.807) is 0 Å². The maximum absolute atomic E-state index is 11.2. The Hall–Kier alpha value is -1.33. The zero-order valence-electron chi connectivity index (χ0n) is 9.93. The number of likely N-dealkylation sites (tertiary alicyclic amines) is 1. The van der Waals surface area contributed by atoms with Gasteiger partial charge in [0.05, 0.1) is 6.54 Å². The van der Waals surface area contributed by atoms with Crippen LogP contribution in [0.4, 0.5) is 0 Å². The normalized spacial score (nSPS) is 22.8. The van der Waals surface area contributed by atoms with Crippen LogP contribution in [0.25, 0.3) is 0 Å². The molecule has 3 N–H and O–H groups in total. The fourth-order valence-corrected chi connectivity index (χ4v) is 2.18. The van der Waals surface area contributed by atoms with Crippen LogP contribution in [-0.2, 0) is 6.54 Å². The summed E-state index contributed by atoms with van der Waals surface area (Å²) in [5.41, 5.74) is 5.47. The van der Waals surface area contributed by atoms with E-state index in [4.69, 9.17) is 15.3 Å². The summed E-state index contributed by atoms with van der Waals surface area (Å²) in [6, 6.07) is 1.54. The molecule has 0 saturated carbocycles. The molecule has 1 saturated heterocycles. The van der Waals surface area contributed by atoms with Gasteiger partial charge in [0.25, 0.3) is 0 Å². The molecule has 0 aliphatic carbocycles. The molecule has 0 spiro atoms. The minimum Gasteiger partial charge on any atom is -0.502 e. The van der Waals surface area contributed by atoms with Gasteiger partial charge in [-0.2, -0.15) is 0 Å². The molecular weight excluding hydrogens is 220 g/mol. The fourth-order valence-electron chi connectivity index (χ4n) is 2.18. The lowest BCUT2D eigenvalue weighted by Gasteiger charge is -2.16. The average Bonchev–Trinajstić information content (AvgIpc) is 2.72. The SMILES string of the molecule is CC(N)C1CCN(Cc2cc(=O)c(O)co2)C1. The molecule has 2 rings (SSSR count). The van der Waals surface area contributed by atoms with Crippen molar-refractivity contribution in [2.45, 2.75) is 25.9 Å². The Balaban J connectivity index is 1.98. The summed E-state index contributed by atoms with van der Waals surface area (Å²) in [5.74, 6) is 0.751. The Labute approximate surface area is 99.8 Å². The second kappa shape index (κ2) is 4.89. The van der Waals surface area contributed by atoms with E-state index in [9.17, 15) is 4.79 Å². The second-order valence-corrected chi connectivity index (χ2v) is 4.74. The number of nitrogens with two attached hydrogens (primary N) is 1. The van der Waals surface area contributed by atoms with Gasteiger partial charge < -0.3 is 15.3 Å². The Morgan fingerprint density at radius 1 is 1.71 bits per heavy atom. The van der Waals surface area contributed by atoms with Gasteiger partial charge in [0.2, 0.25) is 5.43 Å². The van der Waals surface area contributed by atoms with E-state index in [0.717, 1.165) is 25.8 Å². The molecule has 5 heteroatoms. The number of nitrogens with zero attached hydrogens (tertiary/aromatic N) is 1. The summed E-state index contributed by atoms with van der Waals surface area (Å²) < 4.78 is 5.17. The molecule has 1 aromatic heterocycles. The van der Waals surface area contributed by atoms with E-state index in [2.05, 4.69) is 4.90 Å². The Morgan fingerprint density at radius 2 is 2.47 bits per heavy atom. The van der Waals surface area contributed by atoms with Crippen LogP contribution in [0.5, 0.6) is 5.75 Å². The highest BCUT2D eigenvalue weighted by Gasteiger charge is 2.25. The summed E-state index contributed by atoms with van der Waals surface area (Å²) in [4.78, 5) is 13.4. The minimum atomic E-state index is -0.394. The average molecular weight is 238 g/mol. The van der Waals surface area contributed by atoms with Crippen molar-refractivity contribution < 1.29 is 9.52 Å². The molecule has 0 radical (unpaired) electrons. The van der Waals surface area contributed by atoms with Gasteiger partial charge >= 0.3 is 0 Å². The van der Waals surface area contributed by atoms with Crippen LogP contribution in [0.15, 0.2) is 21.5 Å². The van der Waals surface area contributed by atoms with Crippen LogP contribution >= 0.6 is 0 Å². The minimum absolute atomic E-state index is 0.201. The molecule has 2 unspecified atom stereocenters. The third-order valence-corrected chi connectivity index (χ3v) is 3.30. The summed E-state index contributed by atoms with van der Waals surface area (Å²) in [6.45, 7) is 4.52. The zero-order chi connectivity index (χ0) is 12.4. The third kappa shape index (κ3) is 2.87. The monoisotopic (exact) mass is 238 g/mol. The second-order valence-electron chi connectivity index (χ2n) is 4.74. The molecule has 1 aromatic rings. The van der Waals surface area contributed by atoms with Crippen LogP contribution in [-0.4, -0.2) is 29.1 Å². The van der Waals surface area contributed by atoms with Crippen molar-refractivity contribution in [3.05, 3.63) is 28.3 Å². The first kappa shape index (κ1) is 12.1. The topological polar surface area (TPSA) is 79.7 Å². The van der Waals surface area contributed by atoms with Gasteiger partial charge in [-0.05, 0) is 25.8 Å². The van der Waals surface area contributed by atoms with Crippen LogP contribution < -0.4 is 11.2 Å². The summed E-state index contributed by atoms with van der Waals surface area (Å²) in [7, 11) is 0. The first-order valence-electron chi connectivity index (χ1n) is 5.85. The van der Waals surface area contributed by atoms with E-state index in [1.807, 2.05) is 6.92 Å². The van der Waals surface area contributed by atoms with Gasteiger partial charge in [-0.15, -0.1) is 0 Å². The van der Waals surface area contributed by atoms with E-state index in [1.165, 1.54) is 6.07 Å². The van der Waals surface area contributed by atoms with E-state index in [0.29, 0.717) is 18.2 Å². The lowest BCUT2D eigenvalue weighted by molar-refractivity contribution is 0.275. The summed E-state index contributed by atoms with van der Waals surface area (Å²) in [5, 5.41) is 9.08. The lowest BCUT2D eigenvalue weighted by Crippen LogP contribution is -2.29. The van der Waals surface area contributed by atoms with E-state index in [-0.39, 0.29) is 11.8 Å². The van der Waals surface area contributed by atoms with Crippen LogP contribution in [0.1, 0.15) is 19.1 Å². The molecule has 94 valence electrons. The van der Waals surface area contributed by atoms with Crippen molar-refractivity contribution in [1.29, 1.82) is 0 Å². The first-order valence-corrected chi connectivity index (χ1v) is 5.85. The number of rotatable bonds is 3. The highest BCUT2D eigenvalue weighted by Crippen LogP contribution is 2.20. The first-order chi connectivity index (χ1) is 8.06. The zero-order valence-corrected chi connectivity index (χ0v) is 9.93. The Kier molecular flexibility index (Phi) is 3.49. The number of hydrogen-bond acceptors (Lipinski definition) is 5. The quantitative estimate of drug-likeness (QED) is 0.802. The lowest BCUT2D eigenvalue weighted by atomic mass is 10.0. The van der Waals surface area contributed by atoms with Crippen molar-refractivity contribution in [3.63, 3.8) is 0 Å². The molecule has 0 aromatic carbocycles. The van der Waals surface area contributed by atoms with Gasteiger partial charge in [-0.25, -0.2) is 0 Å². The van der Waals surface area contributed by atoms with Gasteiger partial charge in [0, 0.05) is 18.7 Å². The molecule has 1 aliphatic heterocycles. The number of hydrogen-bond donors (Lipinski definition) is 2. The van der Waals surface area contributed by atoms with E-state index >= 15 is 0 Å². The van der Waals surface area contributed by atoms with Crippen molar-refractivity contribution in [2.24, 2.45) is 11.7 Å². The standard InChI is InChI=1S/C12H18N2O3/c1-8(13)9-2-3-14(5-9)6-10-4-11(15)12(16)7-17-10/h4,7-9,16H,2-3,5-6,13H2,1H3. The van der Waals surface area contributed by atoms with Gasteiger partial charge in [0.15, 0.2) is 5.75 Å². The molecule has 1 fully saturated rings. The number of aromatic hydroxyl groups is 1.